The second-order valence-electron chi connectivity index (χ2n) is 6.87. The minimum absolute atomic E-state index is 0.119. The van der Waals surface area contributed by atoms with Crippen LogP contribution in [-0.4, -0.2) is 17.4 Å². The number of hydrogen-bond acceptors (Lipinski definition) is 3. The lowest BCUT2D eigenvalue weighted by molar-refractivity contribution is -0.119. The molecule has 30 heavy (non-hydrogen) atoms. The molecule has 0 saturated heterocycles. The van der Waals surface area contributed by atoms with E-state index in [0.717, 1.165) is 18.1 Å². The third-order valence-electron chi connectivity index (χ3n) is 4.64. The van der Waals surface area contributed by atoms with Gasteiger partial charge >= 0.3 is 0 Å². The van der Waals surface area contributed by atoms with Gasteiger partial charge in [0.15, 0.2) is 17.5 Å². The van der Waals surface area contributed by atoms with Gasteiger partial charge in [0, 0.05) is 30.4 Å². The lowest BCUT2D eigenvalue weighted by Crippen LogP contribution is -2.38. The van der Waals surface area contributed by atoms with Crippen molar-refractivity contribution in [1.29, 1.82) is 0 Å². The maximum Gasteiger partial charge on any atom is 0.218 e. The summed E-state index contributed by atoms with van der Waals surface area (Å²) >= 11 is 0. The van der Waals surface area contributed by atoms with Crippen LogP contribution < -0.4 is 10.6 Å². The monoisotopic (exact) mass is 413 g/mol. The topological polar surface area (TPSA) is 54.0 Å². The summed E-state index contributed by atoms with van der Waals surface area (Å²) in [7, 11) is 0. The van der Waals surface area contributed by atoms with Crippen molar-refractivity contribution in [3.63, 3.8) is 0 Å². The third-order valence-corrected chi connectivity index (χ3v) is 4.64. The Bertz CT molecular complexity index is 998. The Labute approximate surface area is 173 Å². The zero-order chi connectivity index (χ0) is 21.5. The van der Waals surface area contributed by atoms with Crippen LogP contribution in [0.4, 0.5) is 13.2 Å². The standard InChI is InChI=1S/C23H22F3N3O/c1-15(30)29-23(28-12-5-9-16-7-3-2-4-8-16)20-18(17-10-6-11-27-14-17)13-19(24)21(25)22(20)26/h2-4,6-8,10-11,13-14,23,28H,5,9,12H2,1H3,(H,29,30). The minimum atomic E-state index is -1.58. The second-order valence-corrected chi connectivity index (χ2v) is 6.87. The maximum absolute atomic E-state index is 14.9. The number of halogens is 3. The highest BCUT2D eigenvalue weighted by molar-refractivity contribution is 5.75. The van der Waals surface area contributed by atoms with Gasteiger partial charge in [-0.2, -0.15) is 0 Å². The summed E-state index contributed by atoms with van der Waals surface area (Å²) in [6, 6.07) is 14.0. The van der Waals surface area contributed by atoms with Crippen molar-refractivity contribution in [2.75, 3.05) is 6.54 Å². The van der Waals surface area contributed by atoms with Crippen LogP contribution in [0.5, 0.6) is 0 Å². The molecule has 2 N–H and O–H groups in total. The van der Waals surface area contributed by atoms with Crippen molar-refractivity contribution < 1.29 is 18.0 Å². The quantitative estimate of drug-likeness (QED) is 0.324. The van der Waals surface area contributed by atoms with E-state index in [2.05, 4.69) is 15.6 Å². The van der Waals surface area contributed by atoms with Crippen LogP contribution in [0.3, 0.4) is 0 Å². The van der Waals surface area contributed by atoms with Gasteiger partial charge in [-0.05, 0) is 42.6 Å². The fourth-order valence-corrected chi connectivity index (χ4v) is 3.26. The molecule has 0 spiro atoms. The zero-order valence-corrected chi connectivity index (χ0v) is 16.5. The summed E-state index contributed by atoms with van der Waals surface area (Å²) in [6.07, 6.45) is 3.38. The third kappa shape index (κ3) is 5.24. The molecule has 156 valence electrons. The van der Waals surface area contributed by atoms with Crippen LogP contribution in [-0.2, 0) is 11.2 Å². The summed E-state index contributed by atoms with van der Waals surface area (Å²) in [5.41, 5.74) is 1.50. The number of aryl methyl sites for hydroxylation is 1. The molecule has 0 aliphatic rings. The Morgan fingerprint density at radius 3 is 2.50 bits per heavy atom. The summed E-state index contributed by atoms with van der Waals surface area (Å²) in [5, 5.41) is 5.65. The van der Waals surface area contributed by atoms with E-state index in [9.17, 15) is 18.0 Å². The van der Waals surface area contributed by atoms with Crippen LogP contribution >= 0.6 is 0 Å². The highest BCUT2D eigenvalue weighted by atomic mass is 19.2. The summed E-state index contributed by atoms with van der Waals surface area (Å²) in [6.45, 7) is 1.70. The Balaban J connectivity index is 1.89. The minimum Gasteiger partial charge on any atom is -0.337 e. The van der Waals surface area contributed by atoms with E-state index in [1.165, 1.54) is 19.3 Å². The van der Waals surface area contributed by atoms with Crippen LogP contribution in [0.1, 0.15) is 30.6 Å². The highest BCUT2D eigenvalue weighted by Gasteiger charge is 2.26. The van der Waals surface area contributed by atoms with Crippen LogP contribution in [0.25, 0.3) is 11.1 Å². The van der Waals surface area contributed by atoms with Crippen molar-refractivity contribution >= 4 is 5.91 Å². The Morgan fingerprint density at radius 2 is 1.83 bits per heavy atom. The fourth-order valence-electron chi connectivity index (χ4n) is 3.26. The smallest absolute Gasteiger partial charge is 0.218 e. The molecular formula is C23H22F3N3O. The van der Waals surface area contributed by atoms with Crippen molar-refractivity contribution in [3.05, 3.63) is 89.5 Å². The van der Waals surface area contributed by atoms with E-state index < -0.39 is 29.5 Å². The van der Waals surface area contributed by atoms with Gasteiger partial charge in [-0.1, -0.05) is 36.4 Å². The average Bonchev–Trinajstić information content (AvgIpc) is 2.75. The number of nitrogens with zero attached hydrogens (tertiary/aromatic N) is 1. The Hall–Kier alpha value is -3.19. The maximum atomic E-state index is 14.9. The number of nitrogens with one attached hydrogen (secondary N) is 2. The van der Waals surface area contributed by atoms with Crippen LogP contribution in [0.15, 0.2) is 60.9 Å². The van der Waals surface area contributed by atoms with Gasteiger partial charge in [0.25, 0.3) is 0 Å². The number of rotatable bonds is 8. The molecule has 0 aliphatic carbocycles. The first-order valence-electron chi connectivity index (χ1n) is 9.59. The molecule has 0 aliphatic heterocycles. The van der Waals surface area contributed by atoms with Crippen LogP contribution in [0, 0.1) is 17.5 Å². The predicted octanol–water partition coefficient (Wildman–Crippen LogP) is 4.52. The number of benzene rings is 2. The molecule has 0 radical (unpaired) electrons. The molecule has 3 rings (SSSR count). The first kappa shape index (κ1) is 21.5. The largest absolute Gasteiger partial charge is 0.337 e. The van der Waals surface area contributed by atoms with E-state index in [-0.39, 0.29) is 11.1 Å². The summed E-state index contributed by atoms with van der Waals surface area (Å²) in [5.74, 6) is -4.67. The molecule has 1 aromatic heterocycles. The number of aromatic nitrogens is 1. The fraction of sp³-hybridized carbons (Fsp3) is 0.217. The van der Waals surface area contributed by atoms with Gasteiger partial charge in [-0.15, -0.1) is 0 Å². The van der Waals surface area contributed by atoms with Gasteiger partial charge in [0.1, 0.15) is 6.17 Å². The van der Waals surface area contributed by atoms with E-state index >= 15 is 0 Å². The Kier molecular flexibility index (Phi) is 7.19. The molecule has 4 nitrogen and oxygen atoms in total. The highest BCUT2D eigenvalue weighted by Crippen LogP contribution is 2.32. The first-order chi connectivity index (χ1) is 14.5. The van der Waals surface area contributed by atoms with Crippen molar-refractivity contribution in [2.24, 2.45) is 0 Å². The molecule has 0 bridgehead atoms. The molecule has 7 heteroatoms. The van der Waals surface area contributed by atoms with Gasteiger partial charge in [0.05, 0.1) is 0 Å². The number of carbonyl (C=O) groups excluding carboxylic acids is 1. The van der Waals surface area contributed by atoms with E-state index in [0.29, 0.717) is 18.5 Å². The normalized spacial score (nSPS) is 11.9. The lowest BCUT2D eigenvalue weighted by atomic mass is 9.97. The molecule has 1 heterocycles. The zero-order valence-electron chi connectivity index (χ0n) is 16.5. The number of pyridine rings is 1. The molecular weight excluding hydrogens is 391 g/mol. The lowest BCUT2D eigenvalue weighted by Gasteiger charge is -2.24. The second kappa shape index (κ2) is 10.0. The van der Waals surface area contributed by atoms with E-state index in [4.69, 9.17) is 0 Å². The van der Waals surface area contributed by atoms with E-state index in [1.54, 1.807) is 12.1 Å². The average molecular weight is 413 g/mol. The summed E-state index contributed by atoms with van der Waals surface area (Å²) in [4.78, 5) is 15.7. The molecule has 3 aromatic rings. The first-order valence-corrected chi connectivity index (χ1v) is 9.59. The van der Waals surface area contributed by atoms with E-state index in [1.807, 2.05) is 30.3 Å². The summed E-state index contributed by atoms with van der Waals surface area (Å²) < 4.78 is 42.9. The number of carbonyl (C=O) groups is 1. The molecule has 1 atom stereocenters. The van der Waals surface area contributed by atoms with Crippen molar-refractivity contribution in [2.45, 2.75) is 25.9 Å². The Morgan fingerprint density at radius 1 is 1.07 bits per heavy atom. The van der Waals surface area contributed by atoms with Gasteiger partial charge in [0.2, 0.25) is 5.91 Å². The molecule has 1 unspecified atom stereocenters. The molecule has 2 aromatic carbocycles. The molecule has 0 fully saturated rings. The number of amides is 1. The van der Waals surface area contributed by atoms with Crippen molar-refractivity contribution in [3.8, 4) is 11.1 Å². The molecule has 1 amide bonds. The van der Waals surface area contributed by atoms with Crippen molar-refractivity contribution in [1.82, 2.24) is 15.6 Å². The van der Waals surface area contributed by atoms with Gasteiger partial charge in [-0.25, -0.2) is 13.2 Å². The molecule has 0 saturated carbocycles. The predicted molar refractivity (Wildman–Crippen MR) is 109 cm³/mol. The number of hydrogen-bond donors (Lipinski definition) is 2. The SMILES string of the molecule is CC(=O)NC(NCCCc1ccccc1)c1c(-c2cccnc2)cc(F)c(F)c1F. The van der Waals surface area contributed by atoms with Crippen LogP contribution in [0.2, 0.25) is 0 Å². The van der Waals surface area contributed by atoms with Gasteiger partial charge in [-0.3, -0.25) is 15.1 Å². The van der Waals surface area contributed by atoms with Gasteiger partial charge < -0.3 is 5.32 Å².